The lowest BCUT2D eigenvalue weighted by Crippen LogP contribution is -2.08. The summed E-state index contributed by atoms with van der Waals surface area (Å²) >= 11 is 1.29. The fraction of sp³-hybridized carbons (Fsp3) is 0.286. The molecule has 1 heterocycles. The first-order valence-corrected chi connectivity index (χ1v) is 10.3. The lowest BCUT2D eigenvalue weighted by molar-refractivity contribution is -0.139. The molecular weight excluding hydrogens is 390 g/mol. The molecule has 0 aliphatic rings. The number of rotatable bonds is 9. The molecule has 0 amide bonds. The third-order valence-corrected chi connectivity index (χ3v) is 4.91. The minimum Gasteiger partial charge on any atom is -0.497 e. The Hall–Kier alpha value is -3.00. The van der Waals surface area contributed by atoms with E-state index in [0.717, 1.165) is 22.7 Å². The quantitative estimate of drug-likeness (QED) is 0.388. The zero-order valence-electron chi connectivity index (χ0n) is 16.6. The zero-order chi connectivity index (χ0) is 20.6. The van der Waals surface area contributed by atoms with E-state index in [4.69, 9.17) is 14.2 Å². The van der Waals surface area contributed by atoms with Gasteiger partial charge in [0.2, 0.25) is 0 Å². The first kappa shape index (κ1) is 20.7. The standard InChI is InChI=1S/C21H23N3O4S/c1-4-27-18-12-8-16(9-13-18)24-20(15-6-10-17(26-3)11-7-15)22-23-21(24)29-14-19(25)28-5-2/h6-13H,4-5,14H2,1-3H3. The Morgan fingerprint density at radius 1 is 0.966 bits per heavy atom. The van der Waals surface area contributed by atoms with E-state index < -0.39 is 0 Å². The fourth-order valence-electron chi connectivity index (χ4n) is 2.71. The number of thioether (sulfide) groups is 1. The van der Waals surface area contributed by atoms with Gasteiger partial charge in [0.15, 0.2) is 11.0 Å². The average Bonchev–Trinajstić information content (AvgIpc) is 3.17. The highest BCUT2D eigenvalue weighted by Crippen LogP contribution is 2.30. The van der Waals surface area contributed by atoms with Crippen molar-refractivity contribution in [3.8, 4) is 28.6 Å². The molecule has 0 aliphatic carbocycles. The molecular formula is C21H23N3O4S. The lowest BCUT2D eigenvalue weighted by atomic mass is 10.2. The van der Waals surface area contributed by atoms with Crippen LogP contribution in [0.25, 0.3) is 17.1 Å². The van der Waals surface area contributed by atoms with Gasteiger partial charge in [-0.25, -0.2) is 0 Å². The number of nitrogens with zero attached hydrogens (tertiary/aromatic N) is 3. The first-order chi connectivity index (χ1) is 14.2. The Morgan fingerprint density at radius 3 is 2.28 bits per heavy atom. The summed E-state index contributed by atoms with van der Waals surface area (Å²) in [4.78, 5) is 11.8. The Bertz CT molecular complexity index is 940. The van der Waals surface area contributed by atoms with Gasteiger partial charge in [-0.05, 0) is 62.4 Å². The second kappa shape index (κ2) is 9.97. The van der Waals surface area contributed by atoms with Crippen LogP contribution in [0.1, 0.15) is 13.8 Å². The number of hydrogen-bond donors (Lipinski definition) is 0. The lowest BCUT2D eigenvalue weighted by Gasteiger charge is -2.11. The van der Waals surface area contributed by atoms with Crippen LogP contribution >= 0.6 is 11.8 Å². The normalized spacial score (nSPS) is 10.6. The molecule has 0 saturated heterocycles. The van der Waals surface area contributed by atoms with E-state index in [0.29, 0.717) is 24.2 Å². The summed E-state index contributed by atoms with van der Waals surface area (Å²) in [5.74, 6) is 2.09. The van der Waals surface area contributed by atoms with Gasteiger partial charge < -0.3 is 14.2 Å². The number of ether oxygens (including phenoxy) is 3. The van der Waals surface area contributed by atoms with Gasteiger partial charge in [-0.3, -0.25) is 9.36 Å². The number of methoxy groups -OCH3 is 1. The number of benzene rings is 2. The molecule has 0 unspecified atom stereocenters. The summed E-state index contributed by atoms with van der Waals surface area (Å²) < 4.78 is 17.7. The molecule has 1 aromatic heterocycles. The Balaban J connectivity index is 1.98. The smallest absolute Gasteiger partial charge is 0.316 e. The van der Waals surface area contributed by atoms with Crippen LogP contribution in [-0.4, -0.2) is 46.8 Å². The number of carbonyl (C=O) groups excluding carboxylic acids is 1. The first-order valence-electron chi connectivity index (χ1n) is 9.27. The molecule has 0 spiro atoms. The molecule has 3 aromatic rings. The molecule has 29 heavy (non-hydrogen) atoms. The molecule has 0 aliphatic heterocycles. The Morgan fingerprint density at radius 2 is 1.66 bits per heavy atom. The van der Waals surface area contributed by atoms with Gasteiger partial charge in [-0.1, -0.05) is 11.8 Å². The van der Waals surface area contributed by atoms with E-state index in [9.17, 15) is 4.79 Å². The molecule has 8 heteroatoms. The van der Waals surface area contributed by atoms with Crippen LogP contribution in [0.3, 0.4) is 0 Å². The van der Waals surface area contributed by atoms with Crippen molar-refractivity contribution in [3.05, 3.63) is 48.5 Å². The van der Waals surface area contributed by atoms with E-state index in [-0.39, 0.29) is 11.7 Å². The Labute approximate surface area is 174 Å². The maximum Gasteiger partial charge on any atom is 0.316 e. The SMILES string of the molecule is CCOC(=O)CSc1nnc(-c2ccc(OC)cc2)n1-c1ccc(OCC)cc1. The van der Waals surface area contributed by atoms with E-state index in [2.05, 4.69) is 10.2 Å². The molecule has 3 rings (SSSR count). The average molecular weight is 413 g/mol. The van der Waals surface area contributed by atoms with Gasteiger partial charge in [0.05, 0.1) is 26.1 Å². The van der Waals surface area contributed by atoms with Gasteiger partial charge in [-0.2, -0.15) is 0 Å². The molecule has 7 nitrogen and oxygen atoms in total. The van der Waals surface area contributed by atoms with Gasteiger partial charge in [0.1, 0.15) is 11.5 Å². The van der Waals surface area contributed by atoms with Crippen molar-refractivity contribution < 1.29 is 19.0 Å². The molecule has 152 valence electrons. The van der Waals surface area contributed by atoms with Crippen LogP contribution in [0, 0.1) is 0 Å². The van der Waals surface area contributed by atoms with Crippen molar-refractivity contribution in [2.45, 2.75) is 19.0 Å². The predicted octanol–water partition coefficient (Wildman–Crippen LogP) is 4.00. The summed E-state index contributed by atoms with van der Waals surface area (Å²) in [5, 5.41) is 9.28. The fourth-order valence-corrected chi connectivity index (χ4v) is 3.46. The number of hydrogen-bond acceptors (Lipinski definition) is 7. The second-order valence-corrected chi connectivity index (χ2v) is 6.83. The van der Waals surface area contributed by atoms with Crippen LogP contribution in [0.2, 0.25) is 0 Å². The summed E-state index contributed by atoms with van der Waals surface area (Å²) in [6.45, 7) is 4.68. The summed E-state index contributed by atoms with van der Waals surface area (Å²) in [5.41, 5.74) is 1.76. The molecule has 0 atom stereocenters. The van der Waals surface area contributed by atoms with Crippen LogP contribution in [0.5, 0.6) is 11.5 Å². The third-order valence-electron chi connectivity index (χ3n) is 4.01. The topological polar surface area (TPSA) is 75.5 Å². The van der Waals surface area contributed by atoms with E-state index in [1.54, 1.807) is 14.0 Å². The second-order valence-electron chi connectivity index (χ2n) is 5.89. The van der Waals surface area contributed by atoms with Crippen molar-refractivity contribution in [2.24, 2.45) is 0 Å². The summed E-state index contributed by atoms with van der Waals surface area (Å²) in [6, 6.07) is 15.3. The van der Waals surface area contributed by atoms with Crippen molar-refractivity contribution in [3.63, 3.8) is 0 Å². The Kier molecular flexibility index (Phi) is 7.13. The van der Waals surface area contributed by atoms with Crippen LogP contribution < -0.4 is 9.47 Å². The molecule has 2 aromatic carbocycles. The minimum absolute atomic E-state index is 0.158. The van der Waals surface area contributed by atoms with Crippen molar-refractivity contribution in [1.29, 1.82) is 0 Å². The minimum atomic E-state index is -0.287. The third kappa shape index (κ3) is 5.08. The number of esters is 1. The number of carbonyl (C=O) groups is 1. The van der Waals surface area contributed by atoms with Crippen LogP contribution in [0.15, 0.2) is 53.7 Å². The molecule has 0 N–H and O–H groups in total. The van der Waals surface area contributed by atoms with E-state index in [1.165, 1.54) is 11.8 Å². The summed E-state index contributed by atoms with van der Waals surface area (Å²) in [7, 11) is 1.63. The number of aromatic nitrogens is 3. The predicted molar refractivity (Wildman–Crippen MR) is 112 cm³/mol. The van der Waals surface area contributed by atoms with Gasteiger partial charge >= 0.3 is 5.97 Å². The maximum atomic E-state index is 11.8. The highest BCUT2D eigenvalue weighted by atomic mass is 32.2. The van der Waals surface area contributed by atoms with E-state index >= 15 is 0 Å². The molecule has 0 saturated carbocycles. The zero-order valence-corrected chi connectivity index (χ0v) is 17.4. The highest BCUT2D eigenvalue weighted by molar-refractivity contribution is 7.99. The molecule has 0 fully saturated rings. The van der Waals surface area contributed by atoms with Crippen molar-refractivity contribution >= 4 is 17.7 Å². The summed E-state index contributed by atoms with van der Waals surface area (Å²) in [6.07, 6.45) is 0. The largest absolute Gasteiger partial charge is 0.497 e. The van der Waals surface area contributed by atoms with Crippen molar-refractivity contribution in [1.82, 2.24) is 14.8 Å². The molecule has 0 bridgehead atoms. The van der Waals surface area contributed by atoms with Crippen molar-refractivity contribution in [2.75, 3.05) is 26.1 Å². The monoisotopic (exact) mass is 413 g/mol. The van der Waals surface area contributed by atoms with E-state index in [1.807, 2.05) is 60.0 Å². The van der Waals surface area contributed by atoms with Gasteiger partial charge in [-0.15, -0.1) is 10.2 Å². The maximum absolute atomic E-state index is 11.8. The van der Waals surface area contributed by atoms with Crippen LogP contribution in [0.4, 0.5) is 0 Å². The van der Waals surface area contributed by atoms with Gasteiger partial charge in [0.25, 0.3) is 0 Å². The molecule has 0 radical (unpaired) electrons. The van der Waals surface area contributed by atoms with Gasteiger partial charge in [0, 0.05) is 11.3 Å². The van der Waals surface area contributed by atoms with Crippen LogP contribution in [-0.2, 0) is 9.53 Å². The highest BCUT2D eigenvalue weighted by Gasteiger charge is 2.18.